The summed E-state index contributed by atoms with van der Waals surface area (Å²) in [5.74, 6) is 1.88. The summed E-state index contributed by atoms with van der Waals surface area (Å²) in [6.07, 6.45) is 0. The molecule has 3 heterocycles. The minimum absolute atomic E-state index is 0.144. The van der Waals surface area contributed by atoms with Crippen LogP contribution in [0.2, 0.25) is 0 Å². The van der Waals surface area contributed by atoms with Crippen LogP contribution in [0.3, 0.4) is 0 Å². The highest BCUT2D eigenvalue weighted by atomic mass is 15.3. The maximum absolute atomic E-state index is 5.39. The van der Waals surface area contributed by atoms with E-state index in [0.29, 0.717) is 17.7 Å². The van der Waals surface area contributed by atoms with Crippen LogP contribution in [0, 0.1) is 0 Å². The Labute approximate surface area is 328 Å². The Bertz CT molecular complexity index is 3100. The third-order valence-electron chi connectivity index (χ3n) is 11.7. The van der Waals surface area contributed by atoms with Gasteiger partial charge in [-0.05, 0) is 63.2 Å². The van der Waals surface area contributed by atoms with Gasteiger partial charge in [0, 0.05) is 33.0 Å². The molecule has 5 heteroatoms. The van der Waals surface area contributed by atoms with Gasteiger partial charge in [-0.1, -0.05) is 170 Å². The minimum Gasteiger partial charge on any atom is -0.278 e. The first-order valence-electron chi connectivity index (χ1n) is 19.4. The average Bonchev–Trinajstić information content (AvgIpc) is 3.92. The molecular weight excluding hydrogens is 695 g/mol. The maximum Gasteiger partial charge on any atom is 0.240 e. The Morgan fingerprint density at radius 2 is 0.737 bits per heavy atom. The molecule has 0 fully saturated rings. The van der Waals surface area contributed by atoms with Crippen LogP contribution < -0.4 is 0 Å². The molecule has 0 saturated heterocycles. The van der Waals surface area contributed by atoms with Crippen molar-refractivity contribution in [2.75, 3.05) is 0 Å². The molecule has 1 aliphatic rings. The minimum atomic E-state index is 0.144. The highest BCUT2D eigenvalue weighted by Crippen LogP contribution is 2.48. The van der Waals surface area contributed by atoms with Crippen LogP contribution in [-0.2, 0) is 0 Å². The monoisotopic (exact) mass is 727 g/mol. The van der Waals surface area contributed by atoms with Gasteiger partial charge in [-0.25, -0.2) is 0 Å². The fraction of sp³-hybridized carbons (Fsp3) is 0.0192. The number of nitrogens with zero attached hydrogens (tertiary/aromatic N) is 5. The number of hydrogen-bond acceptors (Lipinski definition) is 3. The van der Waals surface area contributed by atoms with Crippen LogP contribution in [-0.4, -0.2) is 24.1 Å². The number of fused-ring (bicyclic) bond motifs is 9. The average molecular weight is 728 g/mol. The van der Waals surface area contributed by atoms with E-state index in [2.05, 4.69) is 203 Å². The topological polar surface area (TPSA) is 48.5 Å². The predicted octanol–water partition coefficient (Wildman–Crippen LogP) is 12.6. The molecule has 0 N–H and O–H groups in total. The van der Waals surface area contributed by atoms with Gasteiger partial charge in [0.05, 0.1) is 22.1 Å². The van der Waals surface area contributed by atoms with Gasteiger partial charge in [-0.2, -0.15) is 15.0 Å². The van der Waals surface area contributed by atoms with Crippen LogP contribution in [0.15, 0.2) is 194 Å². The Morgan fingerprint density at radius 3 is 1.23 bits per heavy atom. The van der Waals surface area contributed by atoms with Crippen molar-refractivity contribution in [2.45, 2.75) is 5.92 Å². The molecule has 8 aromatic carbocycles. The standard InChI is InChI=1S/C52H33N5/c1-6-27-44(35(18-1)33-16-15-17-34(32-33)49-42-25-4-2-19-36(42)37-20-3-5-26-43(37)49)50-53-51(56-45-28-11-7-21-38(45)39-22-8-12-29-46(39)56)55-52(54-50)57-47-30-13-9-23-40(47)41-24-10-14-31-48(41)57/h1-32,49H. The van der Waals surface area contributed by atoms with E-state index in [1.54, 1.807) is 0 Å². The van der Waals surface area contributed by atoms with Crippen LogP contribution in [0.25, 0.3) is 89.2 Å². The first-order chi connectivity index (χ1) is 28.3. The zero-order valence-corrected chi connectivity index (χ0v) is 30.8. The Balaban J connectivity index is 1.10. The van der Waals surface area contributed by atoms with Gasteiger partial charge < -0.3 is 0 Å². The fourth-order valence-electron chi connectivity index (χ4n) is 9.28. The second-order valence-corrected chi connectivity index (χ2v) is 14.8. The summed E-state index contributed by atoms with van der Waals surface area (Å²) in [5.41, 5.74) is 13.8. The van der Waals surface area contributed by atoms with Gasteiger partial charge in [0.1, 0.15) is 0 Å². The lowest BCUT2D eigenvalue weighted by molar-refractivity contribution is 0.893. The van der Waals surface area contributed by atoms with Crippen LogP contribution in [0.5, 0.6) is 0 Å². The molecule has 0 spiro atoms. The van der Waals surface area contributed by atoms with E-state index >= 15 is 0 Å². The molecule has 11 aromatic rings. The summed E-state index contributed by atoms with van der Waals surface area (Å²) in [4.78, 5) is 16.1. The number of benzene rings is 8. The molecule has 0 amide bonds. The molecule has 12 rings (SSSR count). The highest BCUT2D eigenvalue weighted by molar-refractivity contribution is 6.10. The maximum atomic E-state index is 5.39. The van der Waals surface area contributed by atoms with E-state index in [-0.39, 0.29) is 5.92 Å². The Hall–Kier alpha value is -7.63. The fourth-order valence-corrected chi connectivity index (χ4v) is 9.28. The van der Waals surface area contributed by atoms with E-state index in [1.807, 2.05) is 0 Å². The molecule has 5 nitrogen and oxygen atoms in total. The van der Waals surface area contributed by atoms with E-state index in [4.69, 9.17) is 15.0 Å². The smallest absolute Gasteiger partial charge is 0.240 e. The van der Waals surface area contributed by atoms with Crippen LogP contribution >= 0.6 is 0 Å². The van der Waals surface area contributed by atoms with Gasteiger partial charge >= 0.3 is 0 Å². The van der Waals surface area contributed by atoms with E-state index < -0.39 is 0 Å². The van der Waals surface area contributed by atoms with Crippen molar-refractivity contribution in [3.63, 3.8) is 0 Å². The number of rotatable bonds is 5. The molecule has 57 heavy (non-hydrogen) atoms. The SMILES string of the molecule is c1cc(-c2ccccc2-c2nc(-n3c4ccccc4c4ccccc43)nc(-n3c4ccccc4c4ccccc43)n2)cc(C2c3ccccc3-c3ccccc32)c1. The first-order valence-corrected chi connectivity index (χ1v) is 19.4. The molecule has 0 aliphatic heterocycles. The predicted molar refractivity (Wildman–Crippen MR) is 232 cm³/mol. The molecule has 0 atom stereocenters. The molecule has 0 radical (unpaired) electrons. The largest absolute Gasteiger partial charge is 0.278 e. The van der Waals surface area contributed by atoms with E-state index in [1.165, 1.54) is 27.8 Å². The Morgan fingerprint density at radius 1 is 0.333 bits per heavy atom. The lowest BCUT2D eigenvalue weighted by Crippen LogP contribution is -2.10. The normalized spacial score (nSPS) is 12.5. The quantitative estimate of drug-likeness (QED) is 0.177. The Kier molecular flexibility index (Phi) is 6.92. The molecule has 3 aromatic heterocycles. The second kappa shape index (κ2) is 12.4. The molecule has 266 valence electrons. The first kappa shape index (κ1) is 31.7. The summed E-state index contributed by atoms with van der Waals surface area (Å²) in [6, 6.07) is 69.1. The number of aromatic nitrogens is 5. The molecule has 0 bridgehead atoms. The molecule has 1 aliphatic carbocycles. The van der Waals surface area contributed by atoms with E-state index in [0.717, 1.165) is 60.3 Å². The van der Waals surface area contributed by atoms with E-state index in [9.17, 15) is 0 Å². The zero-order chi connectivity index (χ0) is 37.5. The molecule has 0 saturated carbocycles. The zero-order valence-electron chi connectivity index (χ0n) is 30.8. The number of para-hydroxylation sites is 4. The van der Waals surface area contributed by atoms with Gasteiger partial charge in [0.2, 0.25) is 11.9 Å². The molecule has 0 unspecified atom stereocenters. The summed E-state index contributed by atoms with van der Waals surface area (Å²) >= 11 is 0. The van der Waals surface area contributed by atoms with Crippen molar-refractivity contribution in [1.29, 1.82) is 0 Å². The summed E-state index contributed by atoms with van der Waals surface area (Å²) in [7, 11) is 0. The van der Waals surface area contributed by atoms with Gasteiger partial charge in [-0.3, -0.25) is 9.13 Å². The van der Waals surface area contributed by atoms with Gasteiger partial charge in [0.25, 0.3) is 0 Å². The second-order valence-electron chi connectivity index (χ2n) is 14.8. The summed E-state index contributed by atoms with van der Waals surface area (Å²) < 4.78 is 4.37. The lowest BCUT2D eigenvalue weighted by atomic mass is 9.87. The molecular formula is C52H33N5. The van der Waals surface area contributed by atoms with Crippen molar-refractivity contribution in [3.05, 3.63) is 211 Å². The lowest BCUT2D eigenvalue weighted by Gasteiger charge is -2.17. The van der Waals surface area contributed by atoms with Gasteiger partial charge in [-0.15, -0.1) is 0 Å². The van der Waals surface area contributed by atoms with Crippen molar-refractivity contribution in [2.24, 2.45) is 0 Å². The van der Waals surface area contributed by atoms with Crippen molar-refractivity contribution in [1.82, 2.24) is 24.1 Å². The summed E-state index contributed by atoms with van der Waals surface area (Å²) in [5, 5.41) is 4.61. The van der Waals surface area contributed by atoms with Crippen molar-refractivity contribution in [3.8, 4) is 45.5 Å². The van der Waals surface area contributed by atoms with Gasteiger partial charge in [0.15, 0.2) is 5.82 Å². The van der Waals surface area contributed by atoms with Crippen LogP contribution in [0.4, 0.5) is 0 Å². The van der Waals surface area contributed by atoms with Crippen molar-refractivity contribution >= 4 is 43.6 Å². The summed E-state index contributed by atoms with van der Waals surface area (Å²) in [6.45, 7) is 0. The van der Waals surface area contributed by atoms with Crippen molar-refractivity contribution < 1.29 is 0 Å². The van der Waals surface area contributed by atoms with Crippen LogP contribution in [0.1, 0.15) is 22.6 Å². The highest BCUT2D eigenvalue weighted by Gasteiger charge is 2.30. The number of hydrogen-bond donors (Lipinski definition) is 0. The third-order valence-corrected chi connectivity index (χ3v) is 11.7. The third kappa shape index (κ3) is 4.79.